The number of benzene rings is 1. The maximum absolute atomic E-state index is 12.8. The largest absolute Gasteiger partial charge is 1.00 e. The molecule has 0 N–H and O–H groups in total. The average molecular weight is 250 g/mol. The fourth-order valence-electron chi connectivity index (χ4n) is 1.01. The van der Waals surface area contributed by atoms with Crippen LogP contribution in [0, 0.1) is 11.6 Å². The summed E-state index contributed by atoms with van der Waals surface area (Å²) in [6.45, 7) is -5.40. The smallest absolute Gasteiger partial charge is 0.497 e. The van der Waals surface area contributed by atoms with E-state index in [9.17, 15) is 21.7 Å². The molecule has 1 aromatic carbocycles. The molecule has 1 rings (SSSR count). The van der Waals surface area contributed by atoms with Crippen molar-refractivity contribution >= 4 is 12.4 Å². The van der Waals surface area contributed by atoms with Gasteiger partial charge in [-0.15, -0.1) is 0 Å². The molecule has 0 saturated heterocycles. The molecule has 0 saturated carbocycles. The van der Waals surface area contributed by atoms with Gasteiger partial charge >= 0.3 is 58.4 Å². The van der Waals surface area contributed by atoms with E-state index in [-0.39, 0.29) is 51.4 Å². The first kappa shape index (κ1) is 15.4. The SMILES string of the molecule is COc1c([B-](F)(F)F)ccc(F)c1F.[K+]. The third kappa shape index (κ3) is 3.42. The fourth-order valence-corrected chi connectivity index (χ4v) is 1.01. The van der Waals surface area contributed by atoms with Gasteiger partial charge < -0.3 is 17.7 Å². The van der Waals surface area contributed by atoms with Crippen molar-refractivity contribution in [1.29, 1.82) is 0 Å². The van der Waals surface area contributed by atoms with Gasteiger partial charge in [0, 0.05) is 0 Å². The minimum absolute atomic E-state index is 0. The Balaban J connectivity index is 0.00000196. The van der Waals surface area contributed by atoms with Gasteiger partial charge in [-0.25, -0.2) is 4.39 Å². The summed E-state index contributed by atoms with van der Waals surface area (Å²) in [6, 6.07) is 0.875. The Hall–Kier alpha value is 0.371. The first-order chi connectivity index (χ1) is 6.38. The molecule has 0 radical (unpaired) electrons. The van der Waals surface area contributed by atoms with Crippen LogP contribution in [0.25, 0.3) is 0 Å². The molecule has 1 aromatic rings. The van der Waals surface area contributed by atoms with Crippen LogP contribution < -0.4 is 61.6 Å². The molecular formula is C7H5BF5KO. The second-order valence-electron chi connectivity index (χ2n) is 2.56. The van der Waals surface area contributed by atoms with Crippen LogP contribution in [0.1, 0.15) is 0 Å². The molecule has 0 aliphatic carbocycles. The first-order valence-corrected chi connectivity index (χ1v) is 3.59. The van der Waals surface area contributed by atoms with E-state index >= 15 is 0 Å². The second kappa shape index (κ2) is 5.63. The maximum Gasteiger partial charge on any atom is 1.00 e. The van der Waals surface area contributed by atoms with Crippen molar-refractivity contribution in [1.82, 2.24) is 0 Å². The van der Waals surface area contributed by atoms with Crippen molar-refractivity contribution < 1.29 is 77.8 Å². The molecule has 0 bridgehead atoms. The van der Waals surface area contributed by atoms with Gasteiger partial charge in [0.2, 0.25) is 0 Å². The minimum Gasteiger partial charge on any atom is -0.497 e. The van der Waals surface area contributed by atoms with Crippen LogP contribution in [-0.2, 0) is 0 Å². The first-order valence-electron chi connectivity index (χ1n) is 3.59. The van der Waals surface area contributed by atoms with E-state index in [2.05, 4.69) is 4.74 Å². The maximum atomic E-state index is 12.8. The van der Waals surface area contributed by atoms with Crippen molar-refractivity contribution in [3.8, 4) is 5.75 Å². The summed E-state index contributed by atoms with van der Waals surface area (Å²) >= 11 is 0. The standard InChI is InChI=1S/C7H5BF5O.K/c1-14-7-4(8(11,12)13)2-3-5(9)6(7)10;/h2-3H,1H3;/q-1;+1. The van der Waals surface area contributed by atoms with Crippen molar-refractivity contribution in [2.24, 2.45) is 0 Å². The zero-order valence-corrected chi connectivity index (χ0v) is 11.2. The number of hydrogen-bond acceptors (Lipinski definition) is 1. The molecule has 0 heterocycles. The molecule has 0 fully saturated rings. The van der Waals surface area contributed by atoms with Crippen LogP contribution in [0.3, 0.4) is 0 Å². The molecule has 0 spiro atoms. The van der Waals surface area contributed by atoms with Crippen molar-refractivity contribution in [3.63, 3.8) is 0 Å². The number of hydrogen-bond donors (Lipinski definition) is 0. The van der Waals surface area contributed by atoms with Crippen LogP contribution >= 0.6 is 0 Å². The molecule has 15 heavy (non-hydrogen) atoms. The Bertz CT molecular complexity index is 354. The van der Waals surface area contributed by atoms with Crippen LogP contribution in [0.5, 0.6) is 5.75 Å². The van der Waals surface area contributed by atoms with Gasteiger partial charge in [-0.05, 0) is 6.07 Å². The van der Waals surface area contributed by atoms with Crippen molar-refractivity contribution in [2.75, 3.05) is 7.11 Å². The van der Waals surface area contributed by atoms with E-state index < -0.39 is 29.8 Å². The molecule has 0 aliphatic heterocycles. The van der Waals surface area contributed by atoms with Gasteiger partial charge in [-0.1, -0.05) is 11.5 Å². The number of rotatable bonds is 2. The Kier molecular flexibility index (Phi) is 5.77. The Morgan fingerprint density at radius 2 is 1.67 bits per heavy atom. The number of halogens is 5. The van der Waals surface area contributed by atoms with Gasteiger partial charge in [0.15, 0.2) is 11.6 Å². The summed E-state index contributed by atoms with van der Waals surface area (Å²) in [6.07, 6.45) is 0. The fraction of sp³-hybridized carbons (Fsp3) is 0.143. The Morgan fingerprint density at radius 1 is 1.13 bits per heavy atom. The predicted octanol–water partition coefficient (Wildman–Crippen LogP) is -0.968. The Morgan fingerprint density at radius 3 is 2.07 bits per heavy atom. The van der Waals surface area contributed by atoms with Crippen LogP contribution in [0.4, 0.5) is 21.7 Å². The number of ether oxygens (including phenoxy) is 1. The van der Waals surface area contributed by atoms with E-state index in [0.717, 1.165) is 7.11 Å². The van der Waals surface area contributed by atoms with E-state index in [1.165, 1.54) is 0 Å². The summed E-state index contributed by atoms with van der Waals surface area (Å²) < 4.78 is 66.2. The van der Waals surface area contributed by atoms with E-state index in [1.54, 1.807) is 0 Å². The van der Waals surface area contributed by atoms with Gasteiger partial charge in [0.25, 0.3) is 0 Å². The topological polar surface area (TPSA) is 9.23 Å². The van der Waals surface area contributed by atoms with Gasteiger partial charge in [-0.3, -0.25) is 0 Å². The van der Waals surface area contributed by atoms with Crippen molar-refractivity contribution in [3.05, 3.63) is 23.8 Å². The van der Waals surface area contributed by atoms with Crippen LogP contribution in [0.15, 0.2) is 12.1 Å². The van der Waals surface area contributed by atoms with Crippen LogP contribution in [0.2, 0.25) is 0 Å². The Labute approximate surface area is 125 Å². The van der Waals surface area contributed by atoms with Gasteiger partial charge in [-0.2, -0.15) is 4.39 Å². The molecule has 0 atom stereocenters. The molecular weight excluding hydrogens is 245 g/mol. The summed E-state index contributed by atoms with van der Waals surface area (Å²) in [5.41, 5.74) is -1.27. The third-order valence-corrected chi connectivity index (χ3v) is 1.64. The van der Waals surface area contributed by atoms with Gasteiger partial charge in [0.1, 0.15) is 5.75 Å². The van der Waals surface area contributed by atoms with E-state index in [1.807, 2.05) is 0 Å². The predicted molar refractivity (Wildman–Crippen MR) is 41.6 cm³/mol. The molecule has 1 nitrogen and oxygen atoms in total. The summed E-state index contributed by atoms with van der Waals surface area (Å²) in [5.74, 6) is -4.09. The third-order valence-electron chi connectivity index (χ3n) is 1.64. The number of methoxy groups -OCH3 is 1. The van der Waals surface area contributed by atoms with E-state index in [0.29, 0.717) is 12.1 Å². The monoisotopic (exact) mass is 250 g/mol. The quantitative estimate of drug-likeness (QED) is 0.485. The minimum atomic E-state index is -5.40. The van der Waals surface area contributed by atoms with Crippen molar-refractivity contribution in [2.45, 2.75) is 0 Å². The zero-order chi connectivity index (χ0) is 10.9. The molecule has 0 amide bonds. The summed E-state index contributed by atoms with van der Waals surface area (Å²) in [4.78, 5) is 0. The summed E-state index contributed by atoms with van der Waals surface area (Å²) in [5, 5.41) is 0. The second-order valence-corrected chi connectivity index (χ2v) is 2.56. The summed E-state index contributed by atoms with van der Waals surface area (Å²) in [7, 11) is 0.850. The van der Waals surface area contributed by atoms with Gasteiger partial charge in [0.05, 0.1) is 7.11 Å². The molecule has 0 aromatic heterocycles. The zero-order valence-electron chi connectivity index (χ0n) is 8.03. The van der Waals surface area contributed by atoms with E-state index in [4.69, 9.17) is 0 Å². The molecule has 0 aliphatic rings. The molecule has 0 unspecified atom stereocenters. The molecule has 8 heteroatoms. The van der Waals surface area contributed by atoms with Crippen LogP contribution in [-0.4, -0.2) is 14.1 Å². The molecule has 78 valence electrons. The normalized spacial score (nSPS) is 10.8. The average Bonchev–Trinajstić information content (AvgIpc) is 2.07.